The molecule has 0 fully saturated rings. The van der Waals surface area contributed by atoms with Crippen molar-refractivity contribution in [1.82, 2.24) is 0 Å². The Morgan fingerprint density at radius 2 is 0.769 bits per heavy atom. The van der Waals surface area contributed by atoms with Crippen LogP contribution in [0.5, 0.6) is 0 Å². The van der Waals surface area contributed by atoms with Crippen molar-refractivity contribution in [3.05, 3.63) is 0 Å². The molecule has 0 aliphatic rings. The van der Waals surface area contributed by atoms with Gasteiger partial charge in [-0.15, -0.1) is 0 Å². The summed E-state index contributed by atoms with van der Waals surface area (Å²) in [5.74, 6) is 3.02. The Balaban J connectivity index is 2.99. The minimum absolute atomic E-state index is 0.993. The zero-order valence-electron chi connectivity index (χ0n) is 18.3. The minimum atomic E-state index is 0.993. The minimum Gasteiger partial charge on any atom is -0.450 e. The molecule has 0 atom stereocenters. The number of hydrogen-bond acceptors (Lipinski definition) is 1. The van der Waals surface area contributed by atoms with Crippen LogP contribution in [0.3, 0.4) is 0 Å². The van der Waals surface area contributed by atoms with E-state index in [9.17, 15) is 0 Å². The van der Waals surface area contributed by atoms with Gasteiger partial charge in [0.2, 0.25) is 0 Å². The molecular formula is C25H48O. The average molecular weight is 365 g/mol. The third-order valence-corrected chi connectivity index (χ3v) is 5.33. The fourth-order valence-electron chi connectivity index (χ4n) is 3.59. The number of methoxy groups -OCH3 is 1. The van der Waals surface area contributed by atoms with Gasteiger partial charge in [0, 0.05) is 6.42 Å². The van der Waals surface area contributed by atoms with Crippen LogP contribution >= 0.6 is 0 Å². The zero-order chi connectivity index (χ0) is 19.0. The predicted octanol–water partition coefficient (Wildman–Crippen LogP) is 8.81. The molecule has 0 aromatic rings. The van der Waals surface area contributed by atoms with E-state index >= 15 is 0 Å². The Bertz CT molecular complexity index is 299. The quantitative estimate of drug-likeness (QED) is 0.155. The molecule has 0 unspecified atom stereocenters. The first-order chi connectivity index (χ1) is 12.9. The van der Waals surface area contributed by atoms with Gasteiger partial charge in [0.25, 0.3) is 0 Å². The van der Waals surface area contributed by atoms with Crippen LogP contribution in [0.2, 0.25) is 0 Å². The van der Waals surface area contributed by atoms with Crippen LogP contribution in [0, 0.1) is 12.0 Å². The van der Waals surface area contributed by atoms with Crippen molar-refractivity contribution < 1.29 is 4.74 Å². The molecule has 0 bridgehead atoms. The van der Waals surface area contributed by atoms with Crippen LogP contribution in [0.4, 0.5) is 0 Å². The molecular weight excluding hydrogens is 316 g/mol. The van der Waals surface area contributed by atoms with Gasteiger partial charge in [-0.25, -0.2) is 0 Å². The first-order valence-electron chi connectivity index (χ1n) is 11.9. The van der Waals surface area contributed by atoms with E-state index in [1.807, 2.05) is 0 Å². The number of unbranched alkanes of at least 4 members (excludes halogenated alkanes) is 20. The average Bonchev–Trinajstić information content (AvgIpc) is 2.66. The number of hydrogen-bond donors (Lipinski definition) is 0. The van der Waals surface area contributed by atoms with Crippen LogP contribution in [0.15, 0.2) is 0 Å². The van der Waals surface area contributed by atoms with E-state index in [4.69, 9.17) is 4.74 Å². The molecule has 26 heavy (non-hydrogen) atoms. The third-order valence-electron chi connectivity index (χ3n) is 5.33. The predicted molar refractivity (Wildman–Crippen MR) is 117 cm³/mol. The van der Waals surface area contributed by atoms with Crippen LogP contribution in [0.1, 0.15) is 142 Å². The maximum atomic E-state index is 4.72. The summed E-state index contributed by atoms with van der Waals surface area (Å²) >= 11 is 0. The van der Waals surface area contributed by atoms with Gasteiger partial charge < -0.3 is 4.74 Å². The summed E-state index contributed by atoms with van der Waals surface area (Å²) in [7, 11) is 1.63. The van der Waals surface area contributed by atoms with E-state index in [1.54, 1.807) is 7.11 Å². The second-order valence-corrected chi connectivity index (χ2v) is 7.95. The molecule has 0 spiro atoms. The molecule has 0 aromatic carbocycles. The normalized spacial score (nSPS) is 10.5. The fourth-order valence-corrected chi connectivity index (χ4v) is 3.59. The van der Waals surface area contributed by atoms with Gasteiger partial charge in [-0.3, -0.25) is 0 Å². The molecule has 0 aromatic heterocycles. The van der Waals surface area contributed by atoms with Crippen molar-refractivity contribution in [1.29, 1.82) is 0 Å². The lowest BCUT2D eigenvalue weighted by atomic mass is 10.0. The Labute approximate surface area is 166 Å². The molecule has 0 radical (unpaired) electrons. The van der Waals surface area contributed by atoms with E-state index in [0.29, 0.717) is 0 Å². The largest absolute Gasteiger partial charge is 0.450 e. The SMILES string of the molecule is CCCCCCCCCCCCCCCCCCCCCCC#COC. The highest BCUT2D eigenvalue weighted by atomic mass is 16.5. The summed E-state index contributed by atoms with van der Waals surface area (Å²) in [6.45, 7) is 2.30. The second-order valence-electron chi connectivity index (χ2n) is 7.95. The Kier molecular flexibility index (Phi) is 23.8. The Morgan fingerprint density at radius 3 is 1.08 bits per heavy atom. The molecule has 0 saturated heterocycles. The summed E-state index contributed by atoms with van der Waals surface area (Å²) in [5.41, 5.74) is 0. The van der Waals surface area contributed by atoms with Crippen molar-refractivity contribution >= 4 is 0 Å². The number of ether oxygens (including phenoxy) is 1. The lowest BCUT2D eigenvalue weighted by Crippen LogP contribution is -1.84. The zero-order valence-corrected chi connectivity index (χ0v) is 18.3. The lowest BCUT2D eigenvalue weighted by molar-refractivity contribution is 0.371. The smallest absolute Gasteiger partial charge is 0.109 e. The van der Waals surface area contributed by atoms with E-state index in [-0.39, 0.29) is 0 Å². The van der Waals surface area contributed by atoms with Crippen molar-refractivity contribution in [2.75, 3.05) is 7.11 Å². The summed E-state index contributed by atoms with van der Waals surface area (Å²) in [6.07, 6.45) is 32.3. The number of rotatable bonds is 20. The second kappa shape index (κ2) is 24.4. The van der Waals surface area contributed by atoms with Gasteiger partial charge in [-0.05, 0) is 6.42 Å². The highest BCUT2D eigenvalue weighted by Gasteiger charge is 1.95. The van der Waals surface area contributed by atoms with Crippen LogP contribution in [-0.2, 0) is 4.74 Å². The molecule has 0 heterocycles. The molecule has 0 rings (SSSR count). The maximum Gasteiger partial charge on any atom is 0.109 e. The van der Waals surface area contributed by atoms with E-state index < -0.39 is 0 Å². The maximum absolute atomic E-state index is 4.72. The van der Waals surface area contributed by atoms with E-state index in [2.05, 4.69) is 19.0 Å². The summed E-state index contributed by atoms with van der Waals surface area (Å²) in [4.78, 5) is 0. The molecule has 1 heteroatoms. The molecule has 0 saturated carbocycles. The first kappa shape index (κ1) is 25.4. The molecule has 0 N–H and O–H groups in total. The summed E-state index contributed by atoms with van der Waals surface area (Å²) in [5, 5.41) is 0. The third kappa shape index (κ3) is 23.4. The monoisotopic (exact) mass is 364 g/mol. The lowest BCUT2D eigenvalue weighted by Gasteiger charge is -2.04. The van der Waals surface area contributed by atoms with Crippen LogP contribution in [0.25, 0.3) is 0 Å². The Hall–Kier alpha value is -0.640. The first-order valence-corrected chi connectivity index (χ1v) is 11.9. The molecule has 0 aliphatic heterocycles. The van der Waals surface area contributed by atoms with Gasteiger partial charge in [0.15, 0.2) is 0 Å². The highest BCUT2D eigenvalue weighted by molar-refractivity contribution is 4.90. The molecule has 0 amide bonds. The Morgan fingerprint density at radius 1 is 0.462 bits per heavy atom. The van der Waals surface area contributed by atoms with Gasteiger partial charge in [-0.2, -0.15) is 0 Å². The molecule has 1 nitrogen and oxygen atoms in total. The van der Waals surface area contributed by atoms with Gasteiger partial charge in [-0.1, -0.05) is 135 Å². The molecule has 0 aliphatic carbocycles. The van der Waals surface area contributed by atoms with E-state index in [1.165, 1.54) is 128 Å². The van der Waals surface area contributed by atoms with Gasteiger partial charge >= 0.3 is 0 Å². The highest BCUT2D eigenvalue weighted by Crippen LogP contribution is 2.14. The van der Waals surface area contributed by atoms with Crippen molar-refractivity contribution in [3.8, 4) is 12.0 Å². The summed E-state index contributed by atoms with van der Waals surface area (Å²) in [6, 6.07) is 0. The van der Waals surface area contributed by atoms with Crippen molar-refractivity contribution in [3.63, 3.8) is 0 Å². The standard InChI is InChI=1S/C25H48O/c1-3-4-5-6-7-8-9-10-11-12-13-14-15-16-17-18-19-20-21-22-23-24-25-26-2/h3-23H2,1-2H3. The fraction of sp³-hybridized carbons (Fsp3) is 0.920. The summed E-state index contributed by atoms with van der Waals surface area (Å²) < 4.78 is 4.72. The van der Waals surface area contributed by atoms with Gasteiger partial charge in [0.1, 0.15) is 6.11 Å². The molecule has 154 valence electrons. The topological polar surface area (TPSA) is 9.23 Å². The van der Waals surface area contributed by atoms with E-state index in [0.717, 1.165) is 6.42 Å². The van der Waals surface area contributed by atoms with Crippen molar-refractivity contribution in [2.24, 2.45) is 0 Å². The van der Waals surface area contributed by atoms with Crippen molar-refractivity contribution in [2.45, 2.75) is 142 Å². The van der Waals surface area contributed by atoms with Crippen LogP contribution < -0.4 is 0 Å². The van der Waals surface area contributed by atoms with Gasteiger partial charge in [0.05, 0.1) is 7.11 Å². The van der Waals surface area contributed by atoms with Crippen LogP contribution in [-0.4, -0.2) is 7.11 Å².